The van der Waals surface area contributed by atoms with E-state index in [9.17, 15) is 17.6 Å². The molecule has 6 nitrogen and oxygen atoms in total. The molecule has 2 aromatic carbocycles. The summed E-state index contributed by atoms with van der Waals surface area (Å²) in [6.07, 6.45) is 3.59. The van der Waals surface area contributed by atoms with Crippen molar-refractivity contribution in [3.63, 3.8) is 0 Å². The molecule has 2 fully saturated rings. The summed E-state index contributed by atoms with van der Waals surface area (Å²) in [4.78, 5) is 17.7. The van der Waals surface area contributed by atoms with Crippen molar-refractivity contribution in [3.05, 3.63) is 65.0 Å². The van der Waals surface area contributed by atoms with Gasteiger partial charge in [0.15, 0.2) is 0 Å². The minimum Gasteiger partial charge on any atom is -0.337 e. The molecule has 0 aliphatic carbocycles. The third-order valence-corrected chi connectivity index (χ3v) is 8.99. The minimum absolute atomic E-state index is 0.0306. The van der Waals surface area contributed by atoms with Crippen LogP contribution in [0.25, 0.3) is 0 Å². The van der Waals surface area contributed by atoms with E-state index in [-0.39, 0.29) is 22.7 Å². The molecule has 0 saturated carbocycles. The van der Waals surface area contributed by atoms with E-state index in [2.05, 4.69) is 4.90 Å². The Kier molecular flexibility index (Phi) is 7.70. The number of nitrogens with zero attached hydrogens (tertiary/aromatic N) is 3. The van der Waals surface area contributed by atoms with Crippen molar-refractivity contribution < 1.29 is 17.6 Å². The molecule has 2 aromatic rings. The van der Waals surface area contributed by atoms with Gasteiger partial charge in [-0.15, -0.1) is 0 Å². The van der Waals surface area contributed by atoms with Crippen molar-refractivity contribution in [2.75, 3.05) is 32.7 Å². The average molecular weight is 488 g/mol. The summed E-state index contributed by atoms with van der Waals surface area (Å²) in [5, 5.41) is 0. The van der Waals surface area contributed by atoms with E-state index in [4.69, 9.17) is 0 Å². The van der Waals surface area contributed by atoms with Crippen LogP contribution in [0, 0.1) is 12.7 Å². The molecule has 2 heterocycles. The molecule has 1 amide bonds. The molecule has 0 N–H and O–H groups in total. The molecular weight excluding hydrogens is 453 g/mol. The Morgan fingerprint density at radius 3 is 2.47 bits per heavy atom. The van der Waals surface area contributed by atoms with Gasteiger partial charge in [-0.2, -0.15) is 4.31 Å². The number of carbonyl (C=O) groups excluding carboxylic acids is 1. The Morgan fingerprint density at radius 2 is 1.74 bits per heavy atom. The highest BCUT2D eigenvalue weighted by atomic mass is 32.2. The topological polar surface area (TPSA) is 60.9 Å². The Labute approximate surface area is 202 Å². The molecule has 8 heteroatoms. The van der Waals surface area contributed by atoms with Gasteiger partial charge in [-0.1, -0.05) is 24.6 Å². The molecule has 34 heavy (non-hydrogen) atoms. The molecule has 1 unspecified atom stereocenters. The van der Waals surface area contributed by atoms with Crippen molar-refractivity contribution in [1.29, 1.82) is 0 Å². The van der Waals surface area contributed by atoms with Crippen molar-refractivity contribution in [2.45, 2.75) is 57.0 Å². The zero-order valence-corrected chi connectivity index (χ0v) is 20.9. The predicted molar refractivity (Wildman–Crippen MR) is 131 cm³/mol. The van der Waals surface area contributed by atoms with Crippen molar-refractivity contribution in [2.24, 2.45) is 0 Å². The number of halogens is 1. The smallest absolute Gasteiger partial charge is 0.254 e. The van der Waals surface area contributed by atoms with Crippen LogP contribution in [0.15, 0.2) is 47.4 Å². The molecule has 184 valence electrons. The number of carbonyl (C=O) groups is 1. The van der Waals surface area contributed by atoms with Crippen LogP contribution in [0.4, 0.5) is 4.39 Å². The highest BCUT2D eigenvalue weighted by Crippen LogP contribution is 2.27. The fraction of sp³-hybridized carbons (Fsp3) is 0.500. The zero-order valence-electron chi connectivity index (χ0n) is 20.0. The monoisotopic (exact) mass is 487 g/mol. The van der Waals surface area contributed by atoms with Crippen LogP contribution < -0.4 is 0 Å². The maximum atomic E-state index is 13.5. The van der Waals surface area contributed by atoms with E-state index in [1.807, 2.05) is 18.7 Å². The molecular formula is C26H34FN3O3S. The number of amides is 1. The van der Waals surface area contributed by atoms with Gasteiger partial charge in [0.25, 0.3) is 5.91 Å². The standard InChI is InChI=1S/C26H34FN3O3S/c1-20-7-12-24(34(32,33)30-15-4-3-6-21(30)2)18-25(20)26(31)29-14-5-13-28(16-17-29)19-22-8-10-23(27)11-9-22/h7-12,18,21H,3-6,13-17,19H2,1-2H3. The SMILES string of the molecule is Cc1ccc(S(=O)(=O)N2CCCCC2C)cc1C(=O)N1CCCN(Cc2ccc(F)cc2)CC1. The van der Waals surface area contributed by atoms with E-state index in [0.29, 0.717) is 38.3 Å². The molecule has 2 saturated heterocycles. The van der Waals surface area contributed by atoms with Crippen molar-refractivity contribution in [1.82, 2.24) is 14.1 Å². The first-order valence-corrected chi connectivity index (χ1v) is 13.6. The van der Waals surface area contributed by atoms with Crippen LogP contribution >= 0.6 is 0 Å². The lowest BCUT2D eigenvalue weighted by Gasteiger charge is -2.32. The van der Waals surface area contributed by atoms with E-state index < -0.39 is 10.0 Å². The van der Waals surface area contributed by atoms with Crippen LogP contribution in [-0.2, 0) is 16.6 Å². The first-order chi connectivity index (χ1) is 16.3. The first-order valence-electron chi connectivity index (χ1n) is 12.1. The molecule has 0 aromatic heterocycles. The molecule has 0 bridgehead atoms. The minimum atomic E-state index is -3.64. The number of rotatable bonds is 5. The van der Waals surface area contributed by atoms with Gasteiger partial charge in [0.05, 0.1) is 4.90 Å². The summed E-state index contributed by atoms with van der Waals surface area (Å²) in [6.45, 7) is 7.79. The number of piperidine rings is 1. The zero-order chi connectivity index (χ0) is 24.3. The molecule has 0 spiro atoms. The number of benzene rings is 2. The van der Waals surface area contributed by atoms with Crippen LogP contribution in [0.5, 0.6) is 0 Å². The Balaban J connectivity index is 1.47. The van der Waals surface area contributed by atoms with Crippen LogP contribution in [0.1, 0.15) is 54.1 Å². The molecule has 1 atom stereocenters. The fourth-order valence-electron chi connectivity index (χ4n) is 4.91. The van der Waals surface area contributed by atoms with Gasteiger partial charge in [0.1, 0.15) is 5.82 Å². The van der Waals surface area contributed by atoms with Gasteiger partial charge in [0.2, 0.25) is 10.0 Å². The van der Waals surface area contributed by atoms with Gasteiger partial charge in [-0.3, -0.25) is 9.69 Å². The maximum Gasteiger partial charge on any atom is 0.254 e. The van der Waals surface area contributed by atoms with Crippen LogP contribution in [0.3, 0.4) is 0 Å². The number of hydrogen-bond acceptors (Lipinski definition) is 4. The highest BCUT2D eigenvalue weighted by Gasteiger charge is 2.32. The van der Waals surface area contributed by atoms with Crippen LogP contribution in [0.2, 0.25) is 0 Å². The van der Waals surface area contributed by atoms with Gasteiger partial charge >= 0.3 is 0 Å². The fourth-order valence-corrected chi connectivity index (χ4v) is 6.63. The van der Waals surface area contributed by atoms with Gasteiger partial charge in [-0.05, 0) is 68.5 Å². The summed E-state index contributed by atoms with van der Waals surface area (Å²) in [7, 11) is -3.64. The number of hydrogen-bond donors (Lipinski definition) is 0. The lowest BCUT2D eigenvalue weighted by Crippen LogP contribution is -2.42. The van der Waals surface area contributed by atoms with Gasteiger partial charge in [-0.25, -0.2) is 12.8 Å². The second-order valence-corrected chi connectivity index (χ2v) is 11.4. The van der Waals surface area contributed by atoms with Crippen molar-refractivity contribution >= 4 is 15.9 Å². The van der Waals surface area contributed by atoms with E-state index in [1.54, 1.807) is 34.6 Å². The number of sulfonamides is 1. The Morgan fingerprint density at radius 1 is 0.971 bits per heavy atom. The second kappa shape index (κ2) is 10.5. The summed E-state index contributed by atoms with van der Waals surface area (Å²) < 4.78 is 41.4. The van der Waals surface area contributed by atoms with E-state index in [0.717, 1.165) is 43.4 Å². The largest absolute Gasteiger partial charge is 0.337 e. The summed E-state index contributed by atoms with van der Waals surface area (Å²) in [5.41, 5.74) is 2.28. The summed E-state index contributed by atoms with van der Waals surface area (Å²) in [6, 6.07) is 11.4. The van der Waals surface area contributed by atoms with Gasteiger partial charge < -0.3 is 4.90 Å². The summed E-state index contributed by atoms with van der Waals surface area (Å²) >= 11 is 0. The lowest BCUT2D eigenvalue weighted by molar-refractivity contribution is 0.0760. The molecule has 2 aliphatic rings. The quantitative estimate of drug-likeness (QED) is 0.639. The summed E-state index contributed by atoms with van der Waals surface area (Å²) in [5.74, 6) is -0.365. The third kappa shape index (κ3) is 5.50. The Hall–Kier alpha value is -2.29. The first kappa shape index (κ1) is 24.8. The Bertz CT molecular complexity index is 1120. The number of aryl methyl sites for hydroxylation is 1. The molecule has 4 rings (SSSR count). The molecule has 2 aliphatic heterocycles. The molecule has 0 radical (unpaired) electrons. The predicted octanol–water partition coefficient (Wildman–Crippen LogP) is 4.05. The van der Waals surface area contributed by atoms with Gasteiger partial charge in [0, 0.05) is 50.9 Å². The lowest BCUT2D eigenvalue weighted by atomic mass is 10.1. The van der Waals surface area contributed by atoms with Crippen LogP contribution in [-0.4, -0.2) is 67.2 Å². The van der Waals surface area contributed by atoms with Crippen molar-refractivity contribution in [3.8, 4) is 0 Å². The highest BCUT2D eigenvalue weighted by molar-refractivity contribution is 7.89. The maximum absolute atomic E-state index is 13.5. The average Bonchev–Trinajstić information content (AvgIpc) is 3.06. The third-order valence-electron chi connectivity index (χ3n) is 6.98. The van der Waals surface area contributed by atoms with E-state index >= 15 is 0 Å². The van der Waals surface area contributed by atoms with E-state index in [1.165, 1.54) is 12.1 Å². The normalized spacial score (nSPS) is 20.8. The second-order valence-electron chi connectivity index (χ2n) is 9.49.